The molecule has 106 valence electrons. The molecule has 1 N–H and O–H groups in total. The maximum absolute atomic E-state index is 9.28. The van der Waals surface area contributed by atoms with E-state index in [0.717, 1.165) is 24.1 Å². The van der Waals surface area contributed by atoms with Gasteiger partial charge in [-0.3, -0.25) is 0 Å². The lowest BCUT2D eigenvalue weighted by Crippen LogP contribution is -1.97. The Morgan fingerprint density at radius 2 is 1.80 bits per heavy atom. The first kappa shape index (κ1) is 15.1. The van der Waals surface area contributed by atoms with Gasteiger partial charge in [-0.15, -0.1) is 0 Å². The molecule has 2 rings (SSSR count). The lowest BCUT2D eigenvalue weighted by molar-refractivity contribution is 0.280. The monoisotopic (exact) mass is 311 g/mol. The molecule has 1 heterocycles. The van der Waals surface area contributed by atoms with Gasteiger partial charge >= 0.3 is 0 Å². The fourth-order valence-corrected chi connectivity index (χ4v) is 2.36. The summed E-state index contributed by atoms with van der Waals surface area (Å²) in [4.78, 5) is 4.41. The van der Waals surface area contributed by atoms with E-state index in [2.05, 4.69) is 11.9 Å². The Balaban J connectivity index is 2.29. The SMILES string of the molecule is CCCc1cc(CO)cc(Oc2cc(Cl)cc(Cl)c2)n1. The van der Waals surface area contributed by atoms with E-state index in [1.54, 1.807) is 24.3 Å². The summed E-state index contributed by atoms with van der Waals surface area (Å²) in [7, 11) is 0. The minimum Gasteiger partial charge on any atom is -0.439 e. The number of pyridine rings is 1. The molecule has 3 nitrogen and oxygen atoms in total. The van der Waals surface area contributed by atoms with Crippen LogP contribution >= 0.6 is 23.2 Å². The Morgan fingerprint density at radius 3 is 2.40 bits per heavy atom. The lowest BCUT2D eigenvalue weighted by Gasteiger charge is -2.09. The van der Waals surface area contributed by atoms with Gasteiger partial charge in [0, 0.05) is 21.8 Å². The molecule has 0 bridgehead atoms. The Labute approximate surface area is 128 Å². The maximum Gasteiger partial charge on any atom is 0.219 e. The minimum absolute atomic E-state index is 0.0497. The number of aryl methyl sites for hydroxylation is 1. The molecular weight excluding hydrogens is 297 g/mol. The molecule has 0 aliphatic carbocycles. The van der Waals surface area contributed by atoms with Crippen LogP contribution in [0.3, 0.4) is 0 Å². The first-order valence-corrected chi connectivity index (χ1v) is 7.11. The number of rotatable bonds is 5. The summed E-state index contributed by atoms with van der Waals surface area (Å²) >= 11 is 11.9. The second kappa shape index (κ2) is 6.93. The normalized spacial score (nSPS) is 10.6. The third kappa shape index (κ3) is 4.10. The fraction of sp³-hybridized carbons (Fsp3) is 0.267. The Hall–Kier alpha value is -1.29. The molecule has 0 atom stereocenters. The Kier molecular flexibility index (Phi) is 5.24. The van der Waals surface area contributed by atoms with Crippen molar-refractivity contribution in [1.82, 2.24) is 4.98 Å². The highest BCUT2D eigenvalue weighted by Gasteiger charge is 2.06. The third-order valence-corrected chi connectivity index (χ3v) is 3.10. The zero-order valence-corrected chi connectivity index (χ0v) is 12.6. The molecule has 1 aromatic heterocycles. The highest BCUT2D eigenvalue weighted by atomic mass is 35.5. The van der Waals surface area contributed by atoms with Gasteiger partial charge in [0.1, 0.15) is 5.75 Å². The molecule has 0 fully saturated rings. The number of hydrogen-bond donors (Lipinski definition) is 1. The van der Waals surface area contributed by atoms with Crippen molar-refractivity contribution in [1.29, 1.82) is 0 Å². The maximum atomic E-state index is 9.28. The molecule has 0 aliphatic rings. The molecule has 0 unspecified atom stereocenters. The van der Waals surface area contributed by atoms with E-state index in [4.69, 9.17) is 27.9 Å². The van der Waals surface area contributed by atoms with E-state index >= 15 is 0 Å². The smallest absolute Gasteiger partial charge is 0.219 e. The van der Waals surface area contributed by atoms with Gasteiger partial charge in [0.15, 0.2) is 0 Å². The molecule has 0 aliphatic heterocycles. The minimum atomic E-state index is -0.0497. The quantitative estimate of drug-likeness (QED) is 0.875. The number of halogens is 2. The number of nitrogens with zero attached hydrogens (tertiary/aromatic N) is 1. The van der Waals surface area contributed by atoms with E-state index in [1.807, 2.05) is 6.07 Å². The van der Waals surface area contributed by atoms with Crippen LogP contribution in [0.15, 0.2) is 30.3 Å². The summed E-state index contributed by atoms with van der Waals surface area (Å²) in [5.41, 5.74) is 1.66. The summed E-state index contributed by atoms with van der Waals surface area (Å²) in [6, 6.07) is 8.55. The van der Waals surface area contributed by atoms with E-state index in [1.165, 1.54) is 0 Å². The van der Waals surface area contributed by atoms with Crippen molar-refractivity contribution in [3.8, 4) is 11.6 Å². The van der Waals surface area contributed by atoms with Crippen LogP contribution in [0.4, 0.5) is 0 Å². The third-order valence-electron chi connectivity index (χ3n) is 2.66. The number of aliphatic hydroxyl groups is 1. The van der Waals surface area contributed by atoms with Crippen molar-refractivity contribution in [2.45, 2.75) is 26.4 Å². The van der Waals surface area contributed by atoms with Crippen LogP contribution in [0.5, 0.6) is 11.6 Å². The second-order valence-corrected chi connectivity index (χ2v) is 5.29. The van der Waals surface area contributed by atoms with Crippen LogP contribution in [0.2, 0.25) is 10.0 Å². The predicted molar refractivity (Wildman–Crippen MR) is 80.7 cm³/mol. The number of ether oxygens (including phenoxy) is 1. The summed E-state index contributed by atoms with van der Waals surface area (Å²) in [6.45, 7) is 2.02. The summed E-state index contributed by atoms with van der Waals surface area (Å²) in [6.07, 6.45) is 1.81. The van der Waals surface area contributed by atoms with Crippen LogP contribution in [0, 0.1) is 0 Å². The molecule has 0 saturated heterocycles. The van der Waals surface area contributed by atoms with Crippen molar-refractivity contribution < 1.29 is 9.84 Å². The Bertz CT molecular complexity index is 582. The summed E-state index contributed by atoms with van der Waals surface area (Å²) < 4.78 is 5.68. The van der Waals surface area contributed by atoms with Gasteiger partial charge in [0.05, 0.1) is 6.61 Å². The van der Waals surface area contributed by atoms with Gasteiger partial charge in [-0.2, -0.15) is 0 Å². The van der Waals surface area contributed by atoms with Crippen LogP contribution in [-0.2, 0) is 13.0 Å². The van der Waals surface area contributed by atoms with Gasteiger partial charge in [-0.05, 0) is 36.2 Å². The Morgan fingerprint density at radius 1 is 1.10 bits per heavy atom. The van der Waals surface area contributed by atoms with E-state index < -0.39 is 0 Å². The van der Waals surface area contributed by atoms with E-state index in [9.17, 15) is 5.11 Å². The largest absolute Gasteiger partial charge is 0.439 e. The number of hydrogen-bond acceptors (Lipinski definition) is 3. The summed E-state index contributed by atoms with van der Waals surface area (Å²) in [5, 5.41) is 10.3. The van der Waals surface area contributed by atoms with Crippen molar-refractivity contribution in [2.75, 3.05) is 0 Å². The molecule has 2 aromatic rings. The van der Waals surface area contributed by atoms with Crippen LogP contribution in [-0.4, -0.2) is 10.1 Å². The van der Waals surface area contributed by atoms with Crippen molar-refractivity contribution in [3.63, 3.8) is 0 Å². The summed E-state index contributed by atoms with van der Waals surface area (Å²) in [5.74, 6) is 0.950. The number of aromatic nitrogens is 1. The highest BCUT2D eigenvalue weighted by Crippen LogP contribution is 2.28. The molecule has 0 saturated carbocycles. The average molecular weight is 312 g/mol. The van der Waals surface area contributed by atoms with Gasteiger partial charge in [-0.25, -0.2) is 4.98 Å². The van der Waals surface area contributed by atoms with Gasteiger partial charge in [-0.1, -0.05) is 36.5 Å². The first-order chi connectivity index (χ1) is 9.60. The number of aliphatic hydroxyl groups excluding tert-OH is 1. The molecule has 20 heavy (non-hydrogen) atoms. The molecule has 5 heteroatoms. The standard InChI is InChI=1S/C15H15Cl2NO2/c1-2-3-13-4-10(9-19)5-15(18-13)20-14-7-11(16)6-12(17)8-14/h4-8,19H,2-3,9H2,1H3. The van der Waals surface area contributed by atoms with E-state index in [-0.39, 0.29) is 6.61 Å². The van der Waals surface area contributed by atoms with Crippen molar-refractivity contribution in [3.05, 3.63) is 51.6 Å². The molecular formula is C15H15Cl2NO2. The fourth-order valence-electron chi connectivity index (χ4n) is 1.86. The van der Waals surface area contributed by atoms with Crippen molar-refractivity contribution in [2.24, 2.45) is 0 Å². The molecule has 1 aromatic carbocycles. The predicted octanol–water partition coefficient (Wildman–Crippen LogP) is 4.63. The molecule has 0 radical (unpaired) electrons. The van der Waals surface area contributed by atoms with Gasteiger partial charge < -0.3 is 9.84 Å². The molecule has 0 spiro atoms. The average Bonchev–Trinajstić information content (AvgIpc) is 2.37. The molecule has 0 amide bonds. The number of benzene rings is 1. The van der Waals surface area contributed by atoms with Crippen LogP contribution in [0.25, 0.3) is 0 Å². The van der Waals surface area contributed by atoms with Crippen LogP contribution < -0.4 is 4.74 Å². The highest BCUT2D eigenvalue weighted by molar-refractivity contribution is 6.34. The van der Waals surface area contributed by atoms with Crippen molar-refractivity contribution >= 4 is 23.2 Å². The van der Waals surface area contributed by atoms with E-state index in [0.29, 0.717) is 21.7 Å². The first-order valence-electron chi connectivity index (χ1n) is 6.35. The second-order valence-electron chi connectivity index (χ2n) is 4.42. The zero-order valence-electron chi connectivity index (χ0n) is 11.1. The van der Waals surface area contributed by atoms with Gasteiger partial charge in [0.2, 0.25) is 5.88 Å². The zero-order chi connectivity index (χ0) is 14.5. The topological polar surface area (TPSA) is 42.4 Å². The van der Waals surface area contributed by atoms with Crippen LogP contribution in [0.1, 0.15) is 24.6 Å². The lowest BCUT2D eigenvalue weighted by atomic mass is 10.2. The van der Waals surface area contributed by atoms with Gasteiger partial charge in [0.25, 0.3) is 0 Å².